The van der Waals surface area contributed by atoms with Crippen LogP contribution in [-0.4, -0.2) is 23.5 Å². The van der Waals surface area contributed by atoms with E-state index in [2.05, 4.69) is 0 Å². The quantitative estimate of drug-likeness (QED) is 0.934. The van der Waals surface area contributed by atoms with E-state index in [1.807, 2.05) is 0 Å². The molecule has 2 unspecified atom stereocenters. The maximum atomic E-state index is 13.9. The first-order chi connectivity index (χ1) is 11.5. The summed E-state index contributed by atoms with van der Waals surface area (Å²) in [6.07, 6.45) is 0.127. The summed E-state index contributed by atoms with van der Waals surface area (Å²) in [5, 5.41) is 9.37. The summed E-state index contributed by atoms with van der Waals surface area (Å²) in [5.41, 5.74) is 1.78. The van der Waals surface area contributed by atoms with Crippen molar-refractivity contribution in [1.82, 2.24) is 0 Å². The van der Waals surface area contributed by atoms with Crippen LogP contribution in [0, 0.1) is 5.82 Å². The van der Waals surface area contributed by atoms with Gasteiger partial charge >= 0.3 is 5.97 Å². The Bertz CT molecular complexity index is 790. The second kappa shape index (κ2) is 6.43. The van der Waals surface area contributed by atoms with Crippen molar-refractivity contribution >= 4 is 17.6 Å². The molecule has 0 spiro atoms. The third-order valence-corrected chi connectivity index (χ3v) is 4.48. The molecule has 0 saturated carbocycles. The van der Waals surface area contributed by atoms with E-state index in [1.165, 1.54) is 11.0 Å². The van der Waals surface area contributed by atoms with Gasteiger partial charge in [-0.15, -0.1) is 0 Å². The number of halogens is 1. The smallest absolute Gasteiger partial charge is 0.312 e. The highest BCUT2D eigenvalue weighted by Gasteiger charge is 2.36. The zero-order valence-electron chi connectivity index (χ0n) is 13.3. The van der Waals surface area contributed by atoms with Gasteiger partial charge in [0.25, 0.3) is 0 Å². The third kappa shape index (κ3) is 2.89. The van der Waals surface area contributed by atoms with E-state index in [1.54, 1.807) is 49.4 Å². The van der Waals surface area contributed by atoms with Gasteiger partial charge in [-0.3, -0.25) is 9.59 Å². The van der Waals surface area contributed by atoms with Gasteiger partial charge in [0.2, 0.25) is 5.91 Å². The molecular weight excluding hydrogens is 309 g/mol. The van der Waals surface area contributed by atoms with Gasteiger partial charge in [0.05, 0.1) is 0 Å². The van der Waals surface area contributed by atoms with E-state index in [-0.39, 0.29) is 30.6 Å². The van der Waals surface area contributed by atoms with Gasteiger partial charge < -0.3 is 10.0 Å². The Labute approximate surface area is 139 Å². The lowest BCUT2D eigenvalue weighted by Gasteiger charge is -2.20. The number of hydrogen-bond donors (Lipinski definition) is 1. The van der Waals surface area contributed by atoms with Crippen LogP contribution < -0.4 is 4.90 Å². The Hall–Kier alpha value is -2.69. The molecule has 24 heavy (non-hydrogen) atoms. The summed E-state index contributed by atoms with van der Waals surface area (Å²) in [5.74, 6) is -2.46. The molecule has 1 aliphatic heterocycles. The van der Waals surface area contributed by atoms with E-state index < -0.39 is 11.9 Å². The monoisotopic (exact) mass is 327 g/mol. The van der Waals surface area contributed by atoms with Crippen molar-refractivity contribution in [2.45, 2.75) is 25.2 Å². The number of rotatable bonds is 4. The fourth-order valence-electron chi connectivity index (χ4n) is 3.21. The zero-order chi connectivity index (χ0) is 17.3. The van der Waals surface area contributed by atoms with E-state index >= 15 is 0 Å². The van der Waals surface area contributed by atoms with Crippen LogP contribution in [0.25, 0.3) is 0 Å². The molecular formula is C19H18FNO3. The average molecular weight is 327 g/mol. The second-order valence-corrected chi connectivity index (χ2v) is 6.08. The van der Waals surface area contributed by atoms with Crippen molar-refractivity contribution < 1.29 is 19.1 Å². The number of para-hydroxylation sites is 1. The second-order valence-electron chi connectivity index (χ2n) is 6.08. The predicted octanol–water partition coefficient (Wildman–Crippen LogP) is 3.53. The number of aliphatic carboxylic acids is 1. The summed E-state index contributed by atoms with van der Waals surface area (Å²) < 4.78 is 13.9. The fraction of sp³-hybridized carbons (Fsp3) is 0.263. The molecule has 0 saturated heterocycles. The molecule has 0 aromatic heterocycles. The van der Waals surface area contributed by atoms with Crippen LogP contribution in [0.5, 0.6) is 0 Å². The SMILES string of the molecule is CC(CC(=O)N1CC(C(=O)O)c2ccccc21)c1ccccc1F. The highest BCUT2D eigenvalue weighted by atomic mass is 19.1. The van der Waals surface area contributed by atoms with Gasteiger partial charge in [0.15, 0.2) is 0 Å². The third-order valence-electron chi connectivity index (χ3n) is 4.48. The number of nitrogens with zero attached hydrogens (tertiary/aromatic N) is 1. The van der Waals surface area contributed by atoms with Gasteiger partial charge in [-0.05, 0) is 29.2 Å². The first-order valence-electron chi connectivity index (χ1n) is 7.85. The van der Waals surface area contributed by atoms with Crippen LogP contribution in [0.4, 0.5) is 10.1 Å². The minimum atomic E-state index is -0.945. The lowest BCUT2D eigenvalue weighted by atomic mass is 9.96. The van der Waals surface area contributed by atoms with Crippen LogP contribution in [0.15, 0.2) is 48.5 Å². The fourth-order valence-corrected chi connectivity index (χ4v) is 3.21. The lowest BCUT2D eigenvalue weighted by Crippen LogP contribution is -2.32. The highest BCUT2D eigenvalue weighted by Crippen LogP contribution is 2.37. The van der Waals surface area contributed by atoms with Crippen LogP contribution in [0.2, 0.25) is 0 Å². The maximum absolute atomic E-state index is 13.9. The number of carbonyl (C=O) groups excluding carboxylic acids is 1. The summed E-state index contributed by atoms with van der Waals surface area (Å²) in [7, 11) is 0. The van der Waals surface area contributed by atoms with Gasteiger partial charge in [-0.2, -0.15) is 0 Å². The molecule has 0 radical (unpaired) electrons. The minimum Gasteiger partial charge on any atom is -0.481 e. The Kier molecular flexibility index (Phi) is 4.34. The zero-order valence-corrected chi connectivity index (χ0v) is 13.3. The minimum absolute atomic E-state index is 0.123. The molecule has 2 aromatic carbocycles. The standard InChI is InChI=1S/C19H18FNO3/c1-12(13-6-2-4-8-16(13)20)10-18(22)21-11-15(19(23)24)14-7-3-5-9-17(14)21/h2-9,12,15H,10-11H2,1H3,(H,23,24). The van der Waals surface area contributed by atoms with Gasteiger partial charge in [-0.1, -0.05) is 43.3 Å². The van der Waals surface area contributed by atoms with E-state index in [0.29, 0.717) is 16.8 Å². The lowest BCUT2D eigenvalue weighted by molar-refractivity contribution is -0.138. The van der Waals surface area contributed by atoms with Crippen molar-refractivity contribution in [1.29, 1.82) is 0 Å². The van der Waals surface area contributed by atoms with Gasteiger partial charge in [0.1, 0.15) is 11.7 Å². The van der Waals surface area contributed by atoms with Gasteiger partial charge in [0, 0.05) is 18.7 Å². The molecule has 124 valence electrons. The first kappa shape index (κ1) is 16.2. The average Bonchev–Trinajstić information content (AvgIpc) is 2.95. The molecule has 1 N–H and O–H groups in total. The summed E-state index contributed by atoms with van der Waals surface area (Å²) >= 11 is 0. The van der Waals surface area contributed by atoms with Crippen LogP contribution in [-0.2, 0) is 9.59 Å². The molecule has 2 atom stereocenters. The van der Waals surface area contributed by atoms with Gasteiger partial charge in [-0.25, -0.2) is 4.39 Å². The van der Waals surface area contributed by atoms with E-state index in [9.17, 15) is 19.1 Å². The largest absolute Gasteiger partial charge is 0.481 e. The molecule has 3 rings (SSSR count). The number of anilines is 1. The van der Waals surface area contributed by atoms with Crippen molar-refractivity contribution in [3.63, 3.8) is 0 Å². The highest BCUT2D eigenvalue weighted by molar-refractivity contribution is 5.99. The summed E-state index contributed by atoms with van der Waals surface area (Å²) in [6, 6.07) is 13.4. The number of hydrogen-bond acceptors (Lipinski definition) is 2. The Morgan fingerprint density at radius 2 is 1.88 bits per heavy atom. The molecule has 2 aromatic rings. The number of carbonyl (C=O) groups is 2. The summed E-state index contributed by atoms with van der Waals surface area (Å²) in [6.45, 7) is 1.92. The summed E-state index contributed by atoms with van der Waals surface area (Å²) in [4.78, 5) is 25.6. The molecule has 1 aliphatic rings. The molecule has 0 fully saturated rings. The number of fused-ring (bicyclic) bond motifs is 1. The Morgan fingerprint density at radius 3 is 2.58 bits per heavy atom. The van der Waals surface area contributed by atoms with Crippen LogP contribution in [0.1, 0.15) is 36.3 Å². The molecule has 0 bridgehead atoms. The molecule has 5 heteroatoms. The van der Waals surface area contributed by atoms with Crippen molar-refractivity contribution in [3.8, 4) is 0 Å². The van der Waals surface area contributed by atoms with Crippen LogP contribution in [0.3, 0.4) is 0 Å². The van der Waals surface area contributed by atoms with Crippen molar-refractivity contribution in [2.24, 2.45) is 0 Å². The van der Waals surface area contributed by atoms with Crippen LogP contribution >= 0.6 is 0 Å². The predicted molar refractivity (Wildman–Crippen MR) is 88.6 cm³/mol. The maximum Gasteiger partial charge on any atom is 0.312 e. The number of carboxylic acid groups (broad SMARTS) is 1. The molecule has 1 heterocycles. The van der Waals surface area contributed by atoms with E-state index in [4.69, 9.17) is 0 Å². The Morgan fingerprint density at radius 1 is 1.21 bits per heavy atom. The van der Waals surface area contributed by atoms with Crippen molar-refractivity contribution in [3.05, 3.63) is 65.5 Å². The molecule has 1 amide bonds. The first-order valence-corrected chi connectivity index (χ1v) is 7.85. The molecule has 4 nitrogen and oxygen atoms in total. The molecule has 0 aliphatic carbocycles. The number of carboxylic acids is 1. The Balaban J connectivity index is 1.81. The topological polar surface area (TPSA) is 57.6 Å². The van der Waals surface area contributed by atoms with E-state index in [0.717, 1.165) is 0 Å². The van der Waals surface area contributed by atoms with Crippen molar-refractivity contribution in [2.75, 3.05) is 11.4 Å². The normalized spacial score (nSPS) is 17.4. The number of benzene rings is 2. The number of amides is 1.